The molecular formula is C13H14FN5O2S. The SMILES string of the molecule is Cc1nnsc1C(=O)N1CCC[C@@H](Oc2ncc(F)cn2)C1. The summed E-state index contributed by atoms with van der Waals surface area (Å²) in [4.78, 5) is 22.3. The Morgan fingerprint density at radius 2 is 2.23 bits per heavy atom. The first-order chi connectivity index (χ1) is 10.6. The number of nitrogens with zero attached hydrogens (tertiary/aromatic N) is 5. The normalized spacial score (nSPS) is 18.3. The molecule has 2 aromatic rings. The molecule has 22 heavy (non-hydrogen) atoms. The molecule has 0 radical (unpaired) electrons. The fourth-order valence-corrected chi connectivity index (χ4v) is 2.93. The summed E-state index contributed by atoms with van der Waals surface area (Å²) >= 11 is 1.10. The van der Waals surface area contributed by atoms with Crippen LogP contribution in [0.25, 0.3) is 0 Å². The molecule has 1 fully saturated rings. The van der Waals surface area contributed by atoms with Crippen molar-refractivity contribution < 1.29 is 13.9 Å². The first-order valence-electron chi connectivity index (χ1n) is 6.86. The van der Waals surface area contributed by atoms with E-state index in [1.54, 1.807) is 11.8 Å². The quantitative estimate of drug-likeness (QED) is 0.850. The van der Waals surface area contributed by atoms with Gasteiger partial charge in [0.05, 0.1) is 24.6 Å². The molecule has 0 bridgehead atoms. The van der Waals surface area contributed by atoms with Gasteiger partial charge in [0.1, 0.15) is 11.0 Å². The molecule has 1 amide bonds. The Morgan fingerprint density at radius 1 is 1.45 bits per heavy atom. The molecule has 7 nitrogen and oxygen atoms in total. The van der Waals surface area contributed by atoms with E-state index in [4.69, 9.17) is 4.74 Å². The predicted molar refractivity (Wildman–Crippen MR) is 76.2 cm³/mol. The number of halogens is 1. The van der Waals surface area contributed by atoms with Crippen molar-refractivity contribution in [2.75, 3.05) is 13.1 Å². The standard InChI is InChI=1S/C13H14FN5O2S/c1-8-11(22-18-17-8)12(20)19-4-2-3-10(7-19)21-13-15-5-9(14)6-16-13/h5-6,10H,2-4,7H2,1H3/t10-/m1/s1. The lowest BCUT2D eigenvalue weighted by molar-refractivity contribution is 0.0518. The zero-order valence-electron chi connectivity index (χ0n) is 11.9. The van der Waals surface area contributed by atoms with E-state index in [2.05, 4.69) is 19.6 Å². The number of hydrogen-bond acceptors (Lipinski definition) is 7. The summed E-state index contributed by atoms with van der Waals surface area (Å²) in [7, 11) is 0. The molecule has 1 aliphatic heterocycles. The van der Waals surface area contributed by atoms with Crippen molar-refractivity contribution in [3.63, 3.8) is 0 Å². The summed E-state index contributed by atoms with van der Waals surface area (Å²) in [5.74, 6) is -0.596. The zero-order valence-corrected chi connectivity index (χ0v) is 12.7. The molecule has 1 aliphatic rings. The summed E-state index contributed by atoms with van der Waals surface area (Å²) in [5, 5.41) is 3.86. The van der Waals surface area contributed by atoms with E-state index in [9.17, 15) is 9.18 Å². The van der Waals surface area contributed by atoms with Crippen molar-refractivity contribution in [3.05, 3.63) is 28.8 Å². The number of carbonyl (C=O) groups excluding carboxylic acids is 1. The molecule has 9 heteroatoms. The van der Waals surface area contributed by atoms with Gasteiger partial charge in [-0.2, -0.15) is 0 Å². The lowest BCUT2D eigenvalue weighted by Crippen LogP contribution is -2.44. The van der Waals surface area contributed by atoms with Crippen LogP contribution in [0.5, 0.6) is 6.01 Å². The lowest BCUT2D eigenvalue weighted by atomic mass is 10.1. The first-order valence-corrected chi connectivity index (χ1v) is 7.63. The van der Waals surface area contributed by atoms with Gasteiger partial charge in [-0.3, -0.25) is 4.79 Å². The van der Waals surface area contributed by atoms with Crippen molar-refractivity contribution in [2.24, 2.45) is 0 Å². The van der Waals surface area contributed by atoms with Gasteiger partial charge in [-0.25, -0.2) is 14.4 Å². The summed E-state index contributed by atoms with van der Waals surface area (Å²) < 4.78 is 22.2. The molecule has 116 valence electrons. The summed E-state index contributed by atoms with van der Waals surface area (Å²) in [6.07, 6.45) is 3.53. The maximum Gasteiger partial charge on any atom is 0.316 e. The zero-order chi connectivity index (χ0) is 15.5. The second kappa shape index (κ2) is 6.30. The third-order valence-electron chi connectivity index (χ3n) is 3.38. The number of hydrogen-bond donors (Lipinski definition) is 0. The number of piperidine rings is 1. The molecule has 3 heterocycles. The molecule has 0 saturated carbocycles. The van der Waals surface area contributed by atoms with Gasteiger partial charge < -0.3 is 9.64 Å². The van der Waals surface area contributed by atoms with E-state index >= 15 is 0 Å². The second-order valence-corrected chi connectivity index (χ2v) is 5.76. The van der Waals surface area contributed by atoms with Gasteiger partial charge >= 0.3 is 6.01 Å². The van der Waals surface area contributed by atoms with Gasteiger partial charge in [0, 0.05) is 6.54 Å². The Labute approximate surface area is 130 Å². The fourth-order valence-electron chi connectivity index (χ4n) is 2.30. The monoisotopic (exact) mass is 323 g/mol. The number of likely N-dealkylation sites (tertiary alicyclic amines) is 1. The van der Waals surface area contributed by atoms with Gasteiger partial charge in [0.2, 0.25) is 0 Å². The number of carbonyl (C=O) groups is 1. The van der Waals surface area contributed by atoms with Crippen LogP contribution in [0.4, 0.5) is 4.39 Å². The third kappa shape index (κ3) is 3.19. The smallest absolute Gasteiger partial charge is 0.316 e. The Hall–Kier alpha value is -2.16. The topological polar surface area (TPSA) is 81.1 Å². The van der Waals surface area contributed by atoms with Crippen molar-refractivity contribution in [1.29, 1.82) is 0 Å². The minimum atomic E-state index is -0.513. The van der Waals surface area contributed by atoms with Crippen molar-refractivity contribution >= 4 is 17.4 Å². The number of rotatable bonds is 3. The van der Waals surface area contributed by atoms with Gasteiger partial charge in [-0.15, -0.1) is 5.10 Å². The Kier molecular flexibility index (Phi) is 4.23. The van der Waals surface area contributed by atoms with Crippen LogP contribution >= 0.6 is 11.5 Å². The summed E-state index contributed by atoms with van der Waals surface area (Å²) in [5.41, 5.74) is 0.639. The van der Waals surface area contributed by atoms with Crippen LogP contribution in [0.15, 0.2) is 12.4 Å². The van der Waals surface area contributed by atoms with Crippen molar-refractivity contribution in [1.82, 2.24) is 24.5 Å². The van der Waals surface area contributed by atoms with Crippen LogP contribution in [-0.4, -0.2) is 49.6 Å². The van der Waals surface area contributed by atoms with Gasteiger partial charge in [-0.05, 0) is 31.3 Å². The Morgan fingerprint density at radius 3 is 2.91 bits per heavy atom. The number of aryl methyl sites for hydroxylation is 1. The molecular weight excluding hydrogens is 309 g/mol. The highest BCUT2D eigenvalue weighted by molar-refractivity contribution is 7.07. The van der Waals surface area contributed by atoms with Gasteiger partial charge in [0.15, 0.2) is 5.82 Å². The van der Waals surface area contributed by atoms with E-state index in [1.807, 2.05) is 0 Å². The highest BCUT2D eigenvalue weighted by atomic mass is 32.1. The van der Waals surface area contributed by atoms with Crippen LogP contribution in [0, 0.1) is 12.7 Å². The highest BCUT2D eigenvalue weighted by Crippen LogP contribution is 2.19. The molecule has 0 spiro atoms. The highest BCUT2D eigenvalue weighted by Gasteiger charge is 2.28. The Balaban J connectivity index is 1.65. The average Bonchev–Trinajstić information content (AvgIpc) is 2.95. The number of amides is 1. The largest absolute Gasteiger partial charge is 0.458 e. The van der Waals surface area contributed by atoms with E-state index in [1.165, 1.54) is 0 Å². The second-order valence-electron chi connectivity index (χ2n) is 5.00. The fraction of sp³-hybridized carbons (Fsp3) is 0.462. The number of ether oxygens (including phenoxy) is 1. The summed E-state index contributed by atoms with van der Waals surface area (Å²) in [6, 6.07) is 0.122. The minimum Gasteiger partial charge on any atom is -0.458 e. The van der Waals surface area contributed by atoms with E-state index < -0.39 is 5.82 Å². The molecule has 0 aromatic carbocycles. The van der Waals surface area contributed by atoms with E-state index in [-0.39, 0.29) is 18.0 Å². The molecule has 2 aromatic heterocycles. The molecule has 3 rings (SSSR count). The molecule has 1 saturated heterocycles. The molecule has 1 atom stereocenters. The molecule has 0 N–H and O–H groups in total. The first kappa shape index (κ1) is 14.8. The predicted octanol–water partition coefficient (Wildman–Crippen LogP) is 1.46. The molecule has 0 aliphatic carbocycles. The van der Waals surface area contributed by atoms with E-state index in [0.717, 1.165) is 36.8 Å². The average molecular weight is 323 g/mol. The Bertz CT molecular complexity index is 663. The lowest BCUT2D eigenvalue weighted by Gasteiger charge is -2.32. The minimum absolute atomic E-state index is 0.0826. The van der Waals surface area contributed by atoms with Crippen LogP contribution in [0.2, 0.25) is 0 Å². The maximum absolute atomic E-state index is 12.8. The van der Waals surface area contributed by atoms with Crippen LogP contribution < -0.4 is 4.74 Å². The van der Waals surface area contributed by atoms with Crippen LogP contribution in [0.1, 0.15) is 28.2 Å². The number of aromatic nitrogens is 4. The van der Waals surface area contributed by atoms with Crippen LogP contribution in [0.3, 0.4) is 0 Å². The van der Waals surface area contributed by atoms with E-state index in [0.29, 0.717) is 23.7 Å². The van der Waals surface area contributed by atoms with Crippen molar-refractivity contribution in [3.8, 4) is 6.01 Å². The molecule has 0 unspecified atom stereocenters. The maximum atomic E-state index is 12.8. The van der Waals surface area contributed by atoms with Crippen LogP contribution in [-0.2, 0) is 0 Å². The van der Waals surface area contributed by atoms with Gasteiger partial charge in [-0.1, -0.05) is 4.49 Å². The van der Waals surface area contributed by atoms with Gasteiger partial charge in [0.25, 0.3) is 5.91 Å². The van der Waals surface area contributed by atoms with Crippen molar-refractivity contribution in [2.45, 2.75) is 25.9 Å². The summed E-state index contributed by atoms with van der Waals surface area (Å²) in [6.45, 7) is 2.87. The third-order valence-corrected chi connectivity index (χ3v) is 4.20.